The average molecular weight is 276 g/mol. The first-order valence-electron chi connectivity index (χ1n) is 6.71. The van der Waals surface area contributed by atoms with E-state index in [1.807, 2.05) is 37.3 Å². The van der Waals surface area contributed by atoms with E-state index in [1.165, 1.54) is 6.08 Å². The molecule has 0 bridgehead atoms. The molecule has 2 atom stereocenters. The molecule has 0 aromatic heterocycles. The monoisotopic (exact) mass is 276 g/mol. The molecule has 0 spiro atoms. The second-order valence-electron chi connectivity index (χ2n) is 4.63. The molecule has 0 aliphatic heterocycles. The van der Waals surface area contributed by atoms with Crippen LogP contribution in [0.2, 0.25) is 0 Å². The summed E-state index contributed by atoms with van der Waals surface area (Å²) in [6.07, 6.45) is 3.69. The summed E-state index contributed by atoms with van der Waals surface area (Å²) in [5.74, 6) is -2.17. The number of hydrogen-bond donors (Lipinski definition) is 1. The Hall–Kier alpha value is -2.10. The van der Waals surface area contributed by atoms with E-state index in [-0.39, 0.29) is 0 Å². The third-order valence-corrected chi connectivity index (χ3v) is 3.00. The summed E-state index contributed by atoms with van der Waals surface area (Å²) >= 11 is 0. The molecule has 0 fully saturated rings. The van der Waals surface area contributed by atoms with Gasteiger partial charge >= 0.3 is 11.9 Å². The molecular formula is C16H20O4. The number of carbonyl (C=O) groups is 2. The number of hydrogen-bond acceptors (Lipinski definition) is 3. The van der Waals surface area contributed by atoms with Crippen LogP contribution in [0.1, 0.15) is 32.3 Å². The summed E-state index contributed by atoms with van der Waals surface area (Å²) in [6.45, 7) is 3.48. The van der Waals surface area contributed by atoms with E-state index in [9.17, 15) is 9.59 Å². The van der Waals surface area contributed by atoms with Crippen molar-refractivity contribution in [2.24, 2.45) is 5.92 Å². The minimum Gasteiger partial charge on any atom is -0.481 e. The van der Waals surface area contributed by atoms with E-state index in [4.69, 9.17) is 9.84 Å². The van der Waals surface area contributed by atoms with Gasteiger partial charge in [-0.25, -0.2) is 4.79 Å². The number of carboxylic acid groups (broad SMARTS) is 1. The zero-order valence-corrected chi connectivity index (χ0v) is 11.8. The molecule has 4 nitrogen and oxygen atoms in total. The number of aliphatic carboxylic acids is 1. The SMILES string of the molecule is CCCC(OC(=O)C=Cc1ccccc1)C(C)C(=O)O. The molecule has 2 unspecified atom stereocenters. The van der Waals surface area contributed by atoms with Crippen LogP contribution in [-0.2, 0) is 14.3 Å². The van der Waals surface area contributed by atoms with Crippen LogP contribution >= 0.6 is 0 Å². The molecule has 4 heteroatoms. The van der Waals surface area contributed by atoms with Crippen molar-refractivity contribution in [1.29, 1.82) is 0 Å². The maximum atomic E-state index is 11.7. The lowest BCUT2D eigenvalue weighted by atomic mass is 10.0. The predicted molar refractivity (Wildman–Crippen MR) is 77.1 cm³/mol. The van der Waals surface area contributed by atoms with Crippen molar-refractivity contribution in [3.63, 3.8) is 0 Å². The summed E-state index contributed by atoms with van der Waals surface area (Å²) in [7, 11) is 0. The minimum atomic E-state index is -0.955. The molecule has 20 heavy (non-hydrogen) atoms. The van der Waals surface area contributed by atoms with E-state index >= 15 is 0 Å². The Kier molecular flexibility index (Phi) is 6.50. The third-order valence-electron chi connectivity index (χ3n) is 3.00. The van der Waals surface area contributed by atoms with E-state index in [0.717, 1.165) is 12.0 Å². The highest BCUT2D eigenvalue weighted by molar-refractivity contribution is 5.87. The molecule has 0 heterocycles. The van der Waals surface area contributed by atoms with Crippen LogP contribution in [0.3, 0.4) is 0 Å². The van der Waals surface area contributed by atoms with Crippen molar-refractivity contribution in [3.8, 4) is 0 Å². The zero-order chi connectivity index (χ0) is 15.0. The number of esters is 1. The molecule has 1 aromatic carbocycles. The first-order valence-corrected chi connectivity index (χ1v) is 6.71. The van der Waals surface area contributed by atoms with Crippen LogP contribution < -0.4 is 0 Å². The Morgan fingerprint density at radius 2 is 1.95 bits per heavy atom. The molecular weight excluding hydrogens is 256 g/mol. The van der Waals surface area contributed by atoms with Gasteiger partial charge in [0.05, 0.1) is 5.92 Å². The van der Waals surface area contributed by atoms with E-state index in [0.29, 0.717) is 6.42 Å². The van der Waals surface area contributed by atoms with Crippen LogP contribution in [0.4, 0.5) is 0 Å². The molecule has 0 aliphatic carbocycles. The van der Waals surface area contributed by atoms with Crippen LogP contribution in [0.25, 0.3) is 6.08 Å². The first kappa shape index (κ1) is 16.0. The Bertz CT molecular complexity index is 465. The van der Waals surface area contributed by atoms with Gasteiger partial charge in [0.1, 0.15) is 6.10 Å². The third kappa shape index (κ3) is 5.26. The molecule has 1 N–H and O–H groups in total. The summed E-state index contributed by atoms with van der Waals surface area (Å²) in [6, 6.07) is 9.37. The fourth-order valence-electron chi connectivity index (χ4n) is 1.77. The van der Waals surface area contributed by atoms with Crippen molar-refractivity contribution >= 4 is 18.0 Å². The summed E-state index contributed by atoms with van der Waals surface area (Å²) in [4.78, 5) is 22.7. The van der Waals surface area contributed by atoms with Gasteiger partial charge < -0.3 is 9.84 Å². The normalized spacial score (nSPS) is 13.9. The standard InChI is InChI=1S/C16H20O4/c1-3-7-14(12(2)16(18)19)20-15(17)11-10-13-8-5-4-6-9-13/h4-6,8-12,14H,3,7H2,1-2H3,(H,18,19). The number of benzene rings is 1. The van der Waals surface area contributed by atoms with Crippen LogP contribution in [0, 0.1) is 5.92 Å². The van der Waals surface area contributed by atoms with Gasteiger partial charge in [0.25, 0.3) is 0 Å². The fraction of sp³-hybridized carbons (Fsp3) is 0.375. The molecule has 0 radical (unpaired) electrons. The maximum absolute atomic E-state index is 11.7. The van der Waals surface area contributed by atoms with Crippen molar-refractivity contribution in [2.75, 3.05) is 0 Å². The highest BCUT2D eigenvalue weighted by Crippen LogP contribution is 2.14. The van der Waals surface area contributed by atoms with Gasteiger partial charge in [0.15, 0.2) is 0 Å². The molecule has 0 saturated carbocycles. The number of carbonyl (C=O) groups excluding carboxylic acids is 1. The Labute approximate surface area is 119 Å². The lowest BCUT2D eigenvalue weighted by molar-refractivity contribution is -0.154. The first-order chi connectivity index (χ1) is 9.54. The van der Waals surface area contributed by atoms with E-state index in [2.05, 4.69) is 0 Å². The van der Waals surface area contributed by atoms with Crippen molar-refractivity contribution in [2.45, 2.75) is 32.8 Å². The van der Waals surface area contributed by atoms with Crippen molar-refractivity contribution in [1.82, 2.24) is 0 Å². The van der Waals surface area contributed by atoms with Gasteiger partial charge in [-0.1, -0.05) is 43.7 Å². The topological polar surface area (TPSA) is 63.6 Å². The van der Waals surface area contributed by atoms with Crippen molar-refractivity contribution < 1.29 is 19.4 Å². The van der Waals surface area contributed by atoms with E-state index in [1.54, 1.807) is 13.0 Å². The van der Waals surface area contributed by atoms with Gasteiger partial charge in [0.2, 0.25) is 0 Å². The fourth-order valence-corrected chi connectivity index (χ4v) is 1.77. The van der Waals surface area contributed by atoms with Gasteiger partial charge in [0, 0.05) is 6.08 Å². The lowest BCUT2D eigenvalue weighted by Crippen LogP contribution is -2.30. The molecule has 0 aliphatic rings. The second kappa shape index (κ2) is 8.15. The van der Waals surface area contributed by atoms with E-state index < -0.39 is 24.0 Å². The average Bonchev–Trinajstić information content (AvgIpc) is 2.45. The van der Waals surface area contributed by atoms with Gasteiger partial charge in [-0.3, -0.25) is 4.79 Å². The van der Waals surface area contributed by atoms with Gasteiger partial charge in [-0.15, -0.1) is 0 Å². The molecule has 0 saturated heterocycles. The largest absolute Gasteiger partial charge is 0.481 e. The molecule has 1 rings (SSSR count). The molecule has 108 valence electrons. The highest BCUT2D eigenvalue weighted by atomic mass is 16.5. The number of rotatable bonds is 7. The Morgan fingerprint density at radius 3 is 2.50 bits per heavy atom. The van der Waals surface area contributed by atoms with Crippen LogP contribution in [0.15, 0.2) is 36.4 Å². The smallest absolute Gasteiger partial charge is 0.331 e. The Balaban J connectivity index is 2.62. The van der Waals surface area contributed by atoms with Gasteiger partial charge in [-0.05, 0) is 25.0 Å². The lowest BCUT2D eigenvalue weighted by Gasteiger charge is -2.19. The summed E-state index contributed by atoms with van der Waals surface area (Å²) in [5, 5.41) is 8.99. The second-order valence-corrected chi connectivity index (χ2v) is 4.63. The predicted octanol–water partition coefficient (Wildman–Crippen LogP) is 3.13. The highest BCUT2D eigenvalue weighted by Gasteiger charge is 2.25. The molecule has 0 amide bonds. The number of ether oxygens (including phenoxy) is 1. The van der Waals surface area contributed by atoms with Gasteiger partial charge in [-0.2, -0.15) is 0 Å². The quantitative estimate of drug-likeness (QED) is 0.614. The molecule has 1 aromatic rings. The minimum absolute atomic E-state index is 0.514. The van der Waals surface area contributed by atoms with Crippen LogP contribution in [-0.4, -0.2) is 23.1 Å². The van der Waals surface area contributed by atoms with Crippen molar-refractivity contribution in [3.05, 3.63) is 42.0 Å². The maximum Gasteiger partial charge on any atom is 0.331 e. The van der Waals surface area contributed by atoms with Crippen LogP contribution in [0.5, 0.6) is 0 Å². The summed E-state index contributed by atoms with van der Waals surface area (Å²) in [5.41, 5.74) is 0.891. The summed E-state index contributed by atoms with van der Waals surface area (Å²) < 4.78 is 5.23. The Morgan fingerprint density at radius 1 is 1.30 bits per heavy atom. The zero-order valence-electron chi connectivity index (χ0n) is 11.8. The number of carboxylic acids is 1.